The van der Waals surface area contributed by atoms with Gasteiger partial charge < -0.3 is 19.5 Å². The van der Waals surface area contributed by atoms with Crippen molar-refractivity contribution in [3.05, 3.63) is 30.1 Å². The summed E-state index contributed by atoms with van der Waals surface area (Å²) in [6, 6.07) is 4.04. The lowest BCUT2D eigenvalue weighted by Gasteiger charge is -2.36. The number of nitrogens with zero attached hydrogens (tertiary/aromatic N) is 5. The maximum absolute atomic E-state index is 11.4. The minimum atomic E-state index is -1.05. The van der Waals surface area contributed by atoms with Crippen LogP contribution in [0.5, 0.6) is 0 Å². The van der Waals surface area contributed by atoms with E-state index in [1.807, 2.05) is 12.1 Å². The molecule has 9 heteroatoms. The Kier molecular flexibility index (Phi) is 4.30. The zero-order chi connectivity index (χ0) is 19.1. The summed E-state index contributed by atoms with van der Waals surface area (Å²) in [5, 5.41) is 23.7. The van der Waals surface area contributed by atoms with Gasteiger partial charge in [-0.15, -0.1) is 0 Å². The van der Waals surface area contributed by atoms with Crippen molar-refractivity contribution in [2.24, 2.45) is 0 Å². The highest BCUT2D eigenvalue weighted by Crippen LogP contribution is 2.37. The van der Waals surface area contributed by atoms with Gasteiger partial charge in [0, 0.05) is 30.2 Å². The highest BCUT2D eigenvalue weighted by atomic mass is 16.5. The molecular weight excluding hydrogens is 360 g/mol. The summed E-state index contributed by atoms with van der Waals surface area (Å²) in [5.74, 6) is 1.55. The molecule has 0 radical (unpaired) electrons. The molecule has 5 rings (SSSR count). The van der Waals surface area contributed by atoms with Gasteiger partial charge in [0.25, 0.3) is 0 Å². The van der Waals surface area contributed by atoms with Crippen LogP contribution in [-0.2, 0) is 15.1 Å². The lowest BCUT2D eigenvalue weighted by atomic mass is 9.87. The molecule has 5 heterocycles. The van der Waals surface area contributed by atoms with Gasteiger partial charge in [-0.3, -0.25) is 5.10 Å². The first-order valence-corrected chi connectivity index (χ1v) is 9.69. The van der Waals surface area contributed by atoms with Crippen LogP contribution in [0, 0.1) is 0 Å². The van der Waals surface area contributed by atoms with Gasteiger partial charge in [0.05, 0.1) is 38.3 Å². The van der Waals surface area contributed by atoms with Crippen molar-refractivity contribution in [2.45, 2.75) is 31.4 Å². The van der Waals surface area contributed by atoms with Crippen molar-refractivity contribution < 1.29 is 14.6 Å². The lowest BCUT2D eigenvalue weighted by Crippen LogP contribution is -2.44. The summed E-state index contributed by atoms with van der Waals surface area (Å²) in [6.07, 6.45) is 4.91. The molecule has 3 aromatic heterocycles. The first-order chi connectivity index (χ1) is 13.7. The Balaban J connectivity index is 1.70. The third kappa shape index (κ3) is 2.86. The third-order valence-electron chi connectivity index (χ3n) is 5.63. The Morgan fingerprint density at radius 1 is 1.32 bits per heavy atom. The Labute approximate surface area is 162 Å². The number of aliphatic hydroxyl groups is 1. The average molecular weight is 384 g/mol. The molecule has 0 saturated carbocycles. The van der Waals surface area contributed by atoms with Crippen LogP contribution in [0.25, 0.3) is 16.9 Å². The van der Waals surface area contributed by atoms with Crippen LogP contribution in [0.15, 0.2) is 24.5 Å². The van der Waals surface area contributed by atoms with E-state index in [9.17, 15) is 5.11 Å². The van der Waals surface area contributed by atoms with Gasteiger partial charge in [-0.05, 0) is 25.8 Å². The molecule has 0 spiro atoms. The van der Waals surface area contributed by atoms with E-state index in [4.69, 9.17) is 14.5 Å². The van der Waals surface area contributed by atoms with Crippen molar-refractivity contribution >= 4 is 16.9 Å². The van der Waals surface area contributed by atoms with Crippen molar-refractivity contribution in [1.29, 1.82) is 0 Å². The maximum Gasteiger partial charge on any atom is 0.167 e. The van der Waals surface area contributed by atoms with Crippen LogP contribution in [-0.4, -0.2) is 69.1 Å². The highest BCUT2D eigenvalue weighted by molar-refractivity contribution is 5.83. The van der Waals surface area contributed by atoms with Crippen molar-refractivity contribution in [3.63, 3.8) is 0 Å². The lowest BCUT2D eigenvalue weighted by molar-refractivity contribution is -0.0894. The van der Waals surface area contributed by atoms with E-state index < -0.39 is 5.60 Å². The second kappa shape index (κ2) is 6.84. The van der Waals surface area contributed by atoms with Gasteiger partial charge in [-0.2, -0.15) is 14.9 Å². The molecule has 2 atom stereocenters. The Bertz CT molecular complexity index is 964. The number of morpholine rings is 1. The first-order valence-electron chi connectivity index (χ1n) is 9.69. The zero-order valence-electron chi connectivity index (χ0n) is 15.8. The van der Waals surface area contributed by atoms with Gasteiger partial charge >= 0.3 is 0 Å². The molecular formula is C19H24N6O3. The van der Waals surface area contributed by atoms with Gasteiger partial charge in [0.1, 0.15) is 11.4 Å². The molecule has 2 aliphatic rings. The zero-order valence-corrected chi connectivity index (χ0v) is 15.8. The monoisotopic (exact) mass is 384 g/mol. The number of aromatic amines is 1. The molecule has 0 bridgehead atoms. The van der Waals surface area contributed by atoms with E-state index in [1.165, 1.54) is 0 Å². The predicted octanol–water partition coefficient (Wildman–Crippen LogP) is 1.37. The number of H-pyrrole nitrogens is 1. The SMILES string of the molecule is C[C@@H]1COCCN1c1cc([C@]2(O)CCCOC2)c2cnn(-c3ccn[nH]3)c2n1. The number of fused-ring (bicyclic) bond motifs is 1. The Morgan fingerprint density at radius 2 is 2.25 bits per heavy atom. The van der Waals surface area contributed by atoms with E-state index in [1.54, 1.807) is 17.1 Å². The summed E-state index contributed by atoms with van der Waals surface area (Å²) in [6.45, 7) is 5.15. The van der Waals surface area contributed by atoms with Crippen LogP contribution in [0.4, 0.5) is 5.82 Å². The fourth-order valence-corrected chi connectivity index (χ4v) is 4.12. The largest absolute Gasteiger partial charge is 0.383 e. The van der Waals surface area contributed by atoms with Gasteiger partial charge in [-0.25, -0.2) is 4.98 Å². The molecule has 3 aromatic rings. The molecule has 0 amide bonds. The number of ether oxygens (including phenoxy) is 2. The molecule has 0 aliphatic carbocycles. The van der Waals surface area contributed by atoms with E-state index in [0.717, 1.165) is 35.6 Å². The summed E-state index contributed by atoms with van der Waals surface area (Å²) in [7, 11) is 0. The number of pyridine rings is 1. The normalized spacial score (nSPS) is 26.1. The summed E-state index contributed by atoms with van der Waals surface area (Å²) < 4.78 is 12.9. The molecule has 148 valence electrons. The Hall–Kier alpha value is -2.49. The van der Waals surface area contributed by atoms with Gasteiger partial charge in [0.2, 0.25) is 0 Å². The fraction of sp³-hybridized carbons (Fsp3) is 0.526. The first kappa shape index (κ1) is 17.6. The average Bonchev–Trinajstić information content (AvgIpc) is 3.37. The number of hydrogen-bond acceptors (Lipinski definition) is 7. The molecule has 9 nitrogen and oxygen atoms in total. The minimum absolute atomic E-state index is 0.201. The van der Waals surface area contributed by atoms with Crippen LogP contribution in [0.3, 0.4) is 0 Å². The molecule has 0 unspecified atom stereocenters. The van der Waals surface area contributed by atoms with Crippen LogP contribution < -0.4 is 4.90 Å². The van der Waals surface area contributed by atoms with Crippen LogP contribution >= 0.6 is 0 Å². The predicted molar refractivity (Wildman–Crippen MR) is 103 cm³/mol. The van der Waals surface area contributed by atoms with Crippen LogP contribution in [0.1, 0.15) is 25.3 Å². The molecule has 2 N–H and O–H groups in total. The number of aromatic nitrogens is 5. The van der Waals surface area contributed by atoms with Gasteiger partial charge in [-0.1, -0.05) is 0 Å². The molecule has 2 fully saturated rings. The van der Waals surface area contributed by atoms with Crippen LogP contribution in [0.2, 0.25) is 0 Å². The van der Waals surface area contributed by atoms with E-state index >= 15 is 0 Å². The molecule has 2 saturated heterocycles. The van der Waals surface area contributed by atoms with Crippen molar-refractivity contribution in [2.75, 3.05) is 37.9 Å². The Morgan fingerprint density at radius 3 is 3.00 bits per heavy atom. The number of nitrogens with one attached hydrogen (secondary N) is 1. The molecule has 2 aliphatic heterocycles. The van der Waals surface area contributed by atoms with Crippen molar-refractivity contribution in [3.8, 4) is 5.82 Å². The summed E-state index contributed by atoms with van der Waals surface area (Å²) in [4.78, 5) is 7.15. The van der Waals surface area contributed by atoms with E-state index in [2.05, 4.69) is 27.1 Å². The summed E-state index contributed by atoms with van der Waals surface area (Å²) >= 11 is 0. The molecule has 0 aromatic carbocycles. The standard InChI is InChI=1S/C19H24N6O3/c1-13-11-27-8-6-24(13)17-9-15(19(26)4-2-7-28-12-19)14-10-21-25(18(14)22-17)16-3-5-20-23-16/h3,5,9-10,13,26H,2,4,6-8,11-12H2,1H3,(H,20,23)/t13-,19+/m1/s1. The van der Waals surface area contributed by atoms with Crippen molar-refractivity contribution in [1.82, 2.24) is 25.0 Å². The quantitative estimate of drug-likeness (QED) is 0.703. The molecule has 28 heavy (non-hydrogen) atoms. The summed E-state index contributed by atoms with van der Waals surface area (Å²) in [5.41, 5.74) is 0.456. The number of anilines is 1. The third-order valence-corrected chi connectivity index (χ3v) is 5.63. The topological polar surface area (TPSA) is 101 Å². The highest BCUT2D eigenvalue weighted by Gasteiger charge is 2.36. The second-order valence-corrected chi connectivity index (χ2v) is 7.57. The smallest absolute Gasteiger partial charge is 0.167 e. The van der Waals surface area contributed by atoms with E-state index in [0.29, 0.717) is 31.9 Å². The second-order valence-electron chi connectivity index (χ2n) is 7.57. The maximum atomic E-state index is 11.4. The number of rotatable bonds is 3. The fourth-order valence-electron chi connectivity index (χ4n) is 4.12. The minimum Gasteiger partial charge on any atom is -0.383 e. The number of hydrogen-bond donors (Lipinski definition) is 2. The van der Waals surface area contributed by atoms with Gasteiger partial charge in [0.15, 0.2) is 11.5 Å². The van der Waals surface area contributed by atoms with E-state index in [-0.39, 0.29) is 12.6 Å².